The Morgan fingerprint density at radius 1 is 1.08 bits per heavy atom. The van der Waals surface area contributed by atoms with E-state index in [4.69, 9.17) is 10.5 Å². The first-order valence-corrected chi connectivity index (χ1v) is 10.00. The normalized spacial score (nSPS) is 21.1. The largest absolute Gasteiger partial charge is 0.381 e. The Labute approximate surface area is 160 Å². The zero-order valence-corrected chi connectivity index (χ0v) is 16.5. The fourth-order valence-electron chi connectivity index (χ4n) is 3.26. The van der Waals surface area contributed by atoms with Crippen LogP contribution in [0.3, 0.4) is 0 Å². The van der Waals surface area contributed by atoms with E-state index in [9.17, 15) is 13.2 Å². The molecule has 2 aliphatic heterocycles. The summed E-state index contributed by atoms with van der Waals surface area (Å²) in [5, 5.41) is 0. The van der Waals surface area contributed by atoms with E-state index in [1.54, 1.807) is 29.2 Å². The lowest BCUT2D eigenvalue weighted by atomic mass is 9.89. The van der Waals surface area contributed by atoms with Crippen molar-refractivity contribution in [2.45, 2.75) is 30.2 Å². The number of rotatable bonds is 3. The topological polar surface area (TPSA) is 92.9 Å². The highest BCUT2D eigenvalue weighted by molar-refractivity contribution is 7.89. The SMILES string of the molecule is Cc1ccc(S(=O)(=O)N2CCN(C(=O)C3(N)CCOCC3)CC2)cc1.Cl. The number of amides is 1. The molecule has 9 heteroatoms. The highest BCUT2D eigenvalue weighted by Crippen LogP contribution is 2.23. The van der Waals surface area contributed by atoms with Crippen LogP contribution in [0, 0.1) is 6.92 Å². The number of piperazine rings is 1. The number of sulfonamides is 1. The van der Waals surface area contributed by atoms with Crippen molar-refractivity contribution in [3.8, 4) is 0 Å². The highest BCUT2D eigenvalue weighted by atomic mass is 35.5. The standard InChI is InChI=1S/C17H25N3O4S.ClH/c1-14-2-4-15(5-3-14)25(22,23)20-10-8-19(9-11-20)16(21)17(18)6-12-24-13-7-17;/h2-5H,6-13,18H2,1H3;1H. The summed E-state index contributed by atoms with van der Waals surface area (Å²) in [7, 11) is -3.52. The second-order valence-corrected chi connectivity index (χ2v) is 8.72. The Kier molecular flexibility index (Phi) is 6.68. The second-order valence-electron chi connectivity index (χ2n) is 6.78. The summed E-state index contributed by atoms with van der Waals surface area (Å²) in [6, 6.07) is 6.82. The Bertz CT molecular complexity index is 725. The van der Waals surface area contributed by atoms with Crippen LogP contribution in [0.2, 0.25) is 0 Å². The molecule has 1 amide bonds. The van der Waals surface area contributed by atoms with E-state index in [0.717, 1.165) is 5.56 Å². The lowest BCUT2D eigenvalue weighted by Crippen LogP contribution is -2.61. The quantitative estimate of drug-likeness (QED) is 0.804. The van der Waals surface area contributed by atoms with Crippen LogP contribution in [0.4, 0.5) is 0 Å². The number of nitrogens with two attached hydrogens (primary N) is 1. The minimum atomic E-state index is -3.52. The average molecular weight is 404 g/mol. The summed E-state index contributed by atoms with van der Waals surface area (Å²) < 4.78 is 32.2. The molecular weight excluding hydrogens is 378 g/mol. The maximum absolute atomic E-state index is 12.7. The molecule has 0 unspecified atom stereocenters. The van der Waals surface area contributed by atoms with Gasteiger partial charge in [0.2, 0.25) is 15.9 Å². The number of hydrogen-bond acceptors (Lipinski definition) is 5. The third-order valence-electron chi connectivity index (χ3n) is 5.00. The number of nitrogens with zero attached hydrogens (tertiary/aromatic N) is 2. The van der Waals surface area contributed by atoms with Gasteiger partial charge in [0.1, 0.15) is 0 Å². The van der Waals surface area contributed by atoms with Gasteiger partial charge in [-0.3, -0.25) is 4.79 Å². The fraction of sp³-hybridized carbons (Fsp3) is 0.588. The molecule has 1 aromatic rings. The maximum Gasteiger partial charge on any atom is 0.243 e. The zero-order valence-electron chi connectivity index (χ0n) is 14.9. The second kappa shape index (κ2) is 8.22. The summed E-state index contributed by atoms with van der Waals surface area (Å²) in [5.74, 6) is -0.0943. The zero-order chi connectivity index (χ0) is 18.1. The molecule has 0 bridgehead atoms. The number of aryl methyl sites for hydroxylation is 1. The molecule has 0 atom stereocenters. The predicted octanol–water partition coefficient (Wildman–Crippen LogP) is 0.758. The van der Waals surface area contributed by atoms with Crippen LogP contribution < -0.4 is 5.73 Å². The van der Waals surface area contributed by atoms with Gasteiger partial charge in [0.05, 0.1) is 10.4 Å². The molecule has 0 aliphatic carbocycles. The molecule has 26 heavy (non-hydrogen) atoms. The van der Waals surface area contributed by atoms with Gasteiger partial charge in [0, 0.05) is 39.4 Å². The molecule has 3 rings (SSSR count). The van der Waals surface area contributed by atoms with Crippen molar-refractivity contribution in [1.29, 1.82) is 0 Å². The van der Waals surface area contributed by atoms with E-state index >= 15 is 0 Å². The van der Waals surface area contributed by atoms with Crippen LogP contribution in [-0.4, -0.2) is 68.5 Å². The van der Waals surface area contributed by atoms with Crippen molar-refractivity contribution in [3.05, 3.63) is 29.8 Å². The van der Waals surface area contributed by atoms with Crippen LogP contribution in [0.1, 0.15) is 18.4 Å². The molecule has 0 radical (unpaired) electrons. The molecule has 0 spiro atoms. The number of ether oxygens (including phenoxy) is 1. The molecule has 2 aliphatic rings. The van der Waals surface area contributed by atoms with E-state index in [1.807, 2.05) is 6.92 Å². The van der Waals surface area contributed by atoms with Crippen molar-refractivity contribution in [2.24, 2.45) is 5.73 Å². The van der Waals surface area contributed by atoms with Crippen LogP contribution in [0.15, 0.2) is 29.2 Å². The first-order valence-electron chi connectivity index (χ1n) is 8.56. The van der Waals surface area contributed by atoms with Crippen molar-refractivity contribution in [2.75, 3.05) is 39.4 Å². The maximum atomic E-state index is 12.7. The molecule has 0 saturated carbocycles. The van der Waals surface area contributed by atoms with Crippen LogP contribution in [-0.2, 0) is 19.6 Å². The Morgan fingerprint density at radius 3 is 2.15 bits per heavy atom. The highest BCUT2D eigenvalue weighted by Gasteiger charge is 2.40. The summed E-state index contributed by atoms with van der Waals surface area (Å²) >= 11 is 0. The van der Waals surface area contributed by atoms with E-state index < -0.39 is 15.6 Å². The summed E-state index contributed by atoms with van der Waals surface area (Å²) in [5.41, 5.74) is 6.39. The fourth-order valence-corrected chi connectivity index (χ4v) is 4.68. The molecule has 7 nitrogen and oxygen atoms in total. The number of carbonyl (C=O) groups is 1. The Balaban J connectivity index is 0.00000243. The number of halogens is 1. The molecule has 2 fully saturated rings. The van der Waals surface area contributed by atoms with E-state index in [2.05, 4.69) is 0 Å². The molecular formula is C17H26ClN3O4S. The lowest BCUT2D eigenvalue weighted by molar-refractivity contribution is -0.141. The number of hydrogen-bond donors (Lipinski definition) is 1. The third-order valence-corrected chi connectivity index (χ3v) is 6.91. The smallest absolute Gasteiger partial charge is 0.243 e. The first-order chi connectivity index (χ1) is 11.8. The van der Waals surface area contributed by atoms with Gasteiger partial charge in [-0.25, -0.2) is 8.42 Å². The van der Waals surface area contributed by atoms with Gasteiger partial charge in [0.25, 0.3) is 0 Å². The lowest BCUT2D eigenvalue weighted by Gasteiger charge is -2.40. The number of carbonyl (C=O) groups excluding carboxylic acids is 1. The predicted molar refractivity (Wildman–Crippen MR) is 101 cm³/mol. The molecule has 1 aromatic carbocycles. The van der Waals surface area contributed by atoms with Gasteiger partial charge in [-0.15, -0.1) is 12.4 Å². The Hall–Kier alpha value is -1.19. The molecule has 0 aromatic heterocycles. The molecule has 2 heterocycles. The minimum absolute atomic E-state index is 0. The number of benzene rings is 1. The third kappa shape index (κ3) is 4.20. The first kappa shape index (κ1) is 21.1. The van der Waals surface area contributed by atoms with Crippen LogP contribution in [0.5, 0.6) is 0 Å². The van der Waals surface area contributed by atoms with Gasteiger partial charge >= 0.3 is 0 Å². The van der Waals surface area contributed by atoms with Gasteiger partial charge in [0.15, 0.2) is 0 Å². The van der Waals surface area contributed by atoms with Gasteiger partial charge in [-0.1, -0.05) is 17.7 Å². The van der Waals surface area contributed by atoms with Gasteiger partial charge in [-0.05, 0) is 31.9 Å². The van der Waals surface area contributed by atoms with Crippen LogP contribution in [0.25, 0.3) is 0 Å². The summed E-state index contributed by atoms with van der Waals surface area (Å²) in [4.78, 5) is 14.7. The Morgan fingerprint density at radius 2 is 1.62 bits per heavy atom. The van der Waals surface area contributed by atoms with Crippen molar-refractivity contribution < 1.29 is 17.9 Å². The summed E-state index contributed by atoms with van der Waals surface area (Å²) in [6.45, 7) is 4.20. The molecule has 2 saturated heterocycles. The van der Waals surface area contributed by atoms with E-state index in [0.29, 0.717) is 39.1 Å². The van der Waals surface area contributed by atoms with Crippen molar-refractivity contribution in [1.82, 2.24) is 9.21 Å². The van der Waals surface area contributed by atoms with E-state index in [1.165, 1.54) is 4.31 Å². The molecule has 146 valence electrons. The van der Waals surface area contributed by atoms with E-state index in [-0.39, 0.29) is 36.3 Å². The van der Waals surface area contributed by atoms with Gasteiger partial charge < -0.3 is 15.4 Å². The monoisotopic (exact) mass is 403 g/mol. The van der Waals surface area contributed by atoms with Crippen molar-refractivity contribution >= 4 is 28.3 Å². The van der Waals surface area contributed by atoms with Crippen LogP contribution >= 0.6 is 12.4 Å². The van der Waals surface area contributed by atoms with Gasteiger partial charge in [-0.2, -0.15) is 4.31 Å². The summed E-state index contributed by atoms with van der Waals surface area (Å²) in [6.07, 6.45) is 1.02. The molecule has 2 N–H and O–H groups in total. The minimum Gasteiger partial charge on any atom is -0.381 e. The van der Waals surface area contributed by atoms with Crippen molar-refractivity contribution in [3.63, 3.8) is 0 Å². The average Bonchev–Trinajstić information content (AvgIpc) is 2.62.